The first-order valence-electron chi connectivity index (χ1n) is 12.5. The molecule has 4 rings (SSSR count). The lowest BCUT2D eigenvalue weighted by Gasteiger charge is -2.35. The van der Waals surface area contributed by atoms with E-state index in [2.05, 4.69) is 10.3 Å². The highest BCUT2D eigenvalue weighted by Crippen LogP contribution is 2.26. The van der Waals surface area contributed by atoms with Crippen molar-refractivity contribution in [2.24, 2.45) is 0 Å². The van der Waals surface area contributed by atoms with E-state index in [4.69, 9.17) is 32.7 Å². The third kappa shape index (κ3) is 6.89. The molecular weight excluding hydrogens is 531 g/mol. The quantitative estimate of drug-likeness (QED) is 0.425. The summed E-state index contributed by atoms with van der Waals surface area (Å²) in [5.74, 6) is -0.269. The molecule has 0 unspecified atom stereocenters. The van der Waals surface area contributed by atoms with E-state index >= 15 is 0 Å². The number of hydrogen-bond donors (Lipinski definition) is 2. The van der Waals surface area contributed by atoms with Crippen molar-refractivity contribution in [3.8, 4) is 0 Å². The van der Waals surface area contributed by atoms with E-state index < -0.39 is 17.7 Å². The van der Waals surface area contributed by atoms with Crippen molar-refractivity contribution in [2.45, 2.75) is 57.9 Å². The van der Waals surface area contributed by atoms with Gasteiger partial charge in [-0.25, -0.2) is 9.59 Å². The summed E-state index contributed by atoms with van der Waals surface area (Å²) < 4.78 is 12.9. The first kappa shape index (κ1) is 28.0. The molecule has 2 heterocycles. The van der Waals surface area contributed by atoms with Crippen molar-refractivity contribution in [1.29, 1.82) is 0 Å². The number of para-hydroxylation sites is 2. The number of hydrogen-bond acceptors (Lipinski definition) is 5. The molecule has 1 aliphatic rings. The maximum Gasteiger partial charge on any atom is 0.408 e. The van der Waals surface area contributed by atoms with Gasteiger partial charge >= 0.3 is 11.8 Å². The summed E-state index contributed by atoms with van der Waals surface area (Å²) in [6.45, 7) is 6.26. The average molecular weight is 563 g/mol. The minimum absolute atomic E-state index is 0.0362. The molecule has 2 N–H and O–H groups in total. The molecule has 38 heavy (non-hydrogen) atoms. The zero-order valence-electron chi connectivity index (χ0n) is 21.6. The number of H-pyrrole nitrogens is 1. The minimum atomic E-state index is -0.944. The summed E-state index contributed by atoms with van der Waals surface area (Å²) in [5, 5.41) is 3.51. The molecular formula is C27H32Cl2N4O5. The third-order valence-corrected chi connectivity index (χ3v) is 7.03. The molecule has 11 heteroatoms. The zero-order chi connectivity index (χ0) is 27.4. The molecule has 1 aromatic heterocycles. The second-order valence-corrected chi connectivity index (χ2v) is 11.2. The van der Waals surface area contributed by atoms with E-state index in [0.29, 0.717) is 36.0 Å². The number of piperidine rings is 1. The van der Waals surface area contributed by atoms with Crippen LogP contribution >= 0.6 is 23.2 Å². The smallest absolute Gasteiger partial charge is 0.408 e. The summed E-state index contributed by atoms with van der Waals surface area (Å²) in [6.07, 6.45) is 0.516. The molecule has 1 saturated heterocycles. The summed E-state index contributed by atoms with van der Waals surface area (Å²) in [6, 6.07) is 11.7. The maximum atomic E-state index is 13.5. The van der Waals surface area contributed by atoms with Crippen LogP contribution in [-0.2, 0) is 20.9 Å². The van der Waals surface area contributed by atoms with Gasteiger partial charge in [0.2, 0.25) is 5.91 Å². The first-order valence-corrected chi connectivity index (χ1v) is 13.3. The molecule has 3 aromatic rings. The Morgan fingerprint density at radius 1 is 1.11 bits per heavy atom. The van der Waals surface area contributed by atoms with Gasteiger partial charge in [-0.3, -0.25) is 9.36 Å². The van der Waals surface area contributed by atoms with E-state index in [0.717, 1.165) is 16.6 Å². The number of nitrogens with zero attached hydrogens (tertiary/aromatic N) is 2. The van der Waals surface area contributed by atoms with E-state index in [-0.39, 0.29) is 30.9 Å². The van der Waals surface area contributed by atoms with Crippen LogP contribution in [0.4, 0.5) is 4.79 Å². The fourth-order valence-corrected chi connectivity index (χ4v) is 4.87. The molecule has 0 spiro atoms. The number of amides is 2. The second-order valence-electron chi connectivity index (χ2n) is 10.3. The third-order valence-electron chi connectivity index (χ3n) is 6.29. The summed E-state index contributed by atoms with van der Waals surface area (Å²) in [7, 11) is 0. The van der Waals surface area contributed by atoms with Gasteiger partial charge in [0.15, 0.2) is 0 Å². The Balaban J connectivity index is 1.41. The summed E-state index contributed by atoms with van der Waals surface area (Å²) in [4.78, 5) is 43.2. The number of alkyl carbamates (subject to hydrolysis) is 1. The number of benzene rings is 2. The fourth-order valence-electron chi connectivity index (χ4n) is 4.55. The van der Waals surface area contributed by atoms with Gasteiger partial charge in [-0.15, -0.1) is 0 Å². The van der Waals surface area contributed by atoms with Gasteiger partial charge in [0, 0.05) is 19.1 Å². The number of imidazole rings is 1. The van der Waals surface area contributed by atoms with Gasteiger partial charge in [0.1, 0.15) is 11.6 Å². The van der Waals surface area contributed by atoms with Gasteiger partial charge in [-0.2, -0.15) is 0 Å². The van der Waals surface area contributed by atoms with Crippen LogP contribution < -0.4 is 11.0 Å². The molecule has 2 amide bonds. The second kappa shape index (κ2) is 11.8. The first-order chi connectivity index (χ1) is 18.0. The zero-order valence-corrected chi connectivity index (χ0v) is 23.1. The molecule has 0 saturated carbocycles. The van der Waals surface area contributed by atoms with E-state index in [9.17, 15) is 14.4 Å². The number of halogens is 2. The highest BCUT2D eigenvalue weighted by atomic mass is 35.5. The van der Waals surface area contributed by atoms with Crippen molar-refractivity contribution in [3.63, 3.8) is 0 Å². The van der Waals surface area contributed by atoms with Gasteiger partial charge in [-0.05, 0) is 63.4 Å². The molecule has 0 aliphatic carbocycles. The summed E-state index contributed by atoms with van der Waals surface area (Å²) in [5.41, 5.74) is 1.55. The lowest BCUT2D eigenvalue weighted by atomic mass is 10.0. The van der Waals surface area contributed by atoms with Crippen LogP contribution in [0.1, 0.15) is 45.2 Å². The van der Waals surface area contributed by atoms with Gasteiger partial charge in [0.05, 0.1) is 34.3 Å². The van der Waals surface area contributed by atoms with Crippen LogP contribution in [0, 0.1) is 0 Å². The average Bonchev–Trinajstić information content (AvgIpc) is 3.19. The minimum Gasteiger partial charge on any atom is -0.444 e. The molecule has 1 atom stereocenters. The molecule has 9 nitrogen and oxygen atoms in total. The largest absolute Gasteiger partial charge is 0.444 e. The van der Waals surface area contributed by atoms with Gasteiger partial charge in [0.25, 0.3) is 0 Å². The van der Waals surface area contributed by atoms with Gasteiger partial charge < -0.3 is 24.7 Å². The lowest BCUT2D eigenvalue weighted by molar-refractivity contribution is -0.136. The Morgan fingerprint density at radius 2 is 1.82 bits per heavy atom. The maximum absolute atomic E-state index is 13.5. The Labute approximate surface area is 231 Å². The van der Waals surface area contributed by atoms with Crippen LogP contribution in [0.5, 0.6) is 0 Å². The number of rotatable bonds is 7. The number of aromatic amines is 1. The number of carbonyl (C=O) groups excluding carboxylic acids is 2. The van der Waals surface area contributed by atoms with Crippen molar-refractivity contribution < 1.29 is 19.1 Å². The number of likely N-dealkylation sites (tertiary alicyclic amines) is 1. The number of ether oxygens (including phenoxy) is 2. The molecule has 204 valence electrons. The van der Waals surface area contributed by atoms with Crippen LogP contribution in [0.2, 0.25) is 10.0 Å². The SMILES string of the molecule is CC(C)(C)OC(=O)N[C@@H](COCc1ccc(Cl)c(Cl)c1)C(=O)N1CCC(n2c(=O)[nH]c3ccccc32)CC1. The number of fused-ring (bicyclic) bond motifs is 1. The van der Waals surface area contributed by atoms with Crippen molar-refractivity contribution in [1.82, 2.24) is 19.8 Å². The fraction of sp³-hybridized carbons (Fsp3) is 0.444. The van der Waals surface area contributed by atoms with E-state index in [1.807, 2.05) is 24.3 Å². The van der Waals surface area contributed by atoms with Crippen molar-refractivity contribution in [2.75, 3.05) is 19.7 Å². The molecule has 1 fully saturated rings. The Morgan fingerprint density at radius 3 is 2.50 bits per heavy atom. The normalized spacial score (nSPS) is 15.4. The predicted octanol–water partition coefficient (Wildman–Crippen LogP) is 4.91. The standard InChI is InChI=1S/C27H32Cl2N4O5/c1-27(2,3)38-26(36)31-22(16-37-15-17-8-9-19(28)20(29)14-17)24(34)32-12-10-18(11-13-32)33-23-7-5-4-6-21(23)30-25(33)35/h4-9,14,18,22H,10-13,15-16H2,1-3H3,(H,30,35)(H,31,36)/t22-/m0/s1. The molecule has 0 bridgehead atoms. The Bertz CT molecular complexity index is 1360. The highest BCUT2D eigenvalue weighted by molar-refractivity contribution is 6.42. The van der Waals surface area contributed by atoms with Gasteiger partial charge in [-0.1, -0.05) is 41.4 Å². The van der Waals surface area contributed by atoms with Crippen LogP contribution in [0.3, 0.4) is 0 Å². The predicted molar refractivity (Wildman–Crippen MR) is 147 cm³/mol. The monoisotopic (exact) mass is 562 g/mol. The number of nitrogens with one attached hydrogen (secondary N) is 2. The van der Waals surface area contributed by atoms with Crippen molar-refractivity contribution >= 4 is 46.2 Å². The Hall–Kier alpha value is -3.01. The molecule has 0 radical (unpaired) electrons. The van der Waals surface area contributed by atoms with E-state index in [1.54, 1.807) is 48.4 Å². The molecule has 1 aliphatic heterocycles. The van der Waals surface area contributed by atoms with Crippen LogP contribution in [0.25, 0.3) is 11.0 Å². The Kier molecular flexibility index (Phi) is 8.70. The number of aromatic nitrogens is 2. The van der Waals surface area contributed by atoms with Crippen LogP contribution in [0.15, 0.2) is 47.3 Å². The summed E-state index contributed by atoms with van der Waals surface area (Å²) >= 11 is 12.1. The highest BCUT2D eigenvalue weighted by Gasteiger charge is 2.32. The molecule has 2 aromatic carbocycles. The van der Waals surface area contributed by atoms with Crippen molar-refractivity contribution in [3.05, 3.63) is 68.6 Å². The van der Waals surface area contributed by atoms with E-state index in [1.165, 1.54) is 0 Å². The topological polar surface area (TPSA) is 106 Å². The lowest BCUT2D eigenvalue weighted by Crippen LogP contribution is -2.53. The number of carbonyl (C=O) groups is 2. The van der Waals surface area contributed by atoms with Crippen LogP contribution in [-0.4, -0.2) is 57.8 Å².